The molecule has 0 aliphatic rings. The van der Waals surface area contributed by atoms with E-state index in [1.54, 1.807) is 26.0 Å². The predicted octanol–water partition coefficient (Wildman–Crippen LogP) is 0.763. The van der Waals surface area contributed by atoms with Crippen molar-refractivity contribution in [2.24, 2.45) is 0 Å². The molecule has 2 rings (SSSR count). The number of hydrogen-bond acceptors (Lipinski definition) is 7. The van der Waals surface area contributed by atoms with E-state index in [1.165, 1.54) is 10.9 Å². The van der Waals surface area contributed by atoms with Crippen molar-refractivity contribution >= 4 is 21.6 Å². The van der Waals surface area contributed by atoms with Gasteiger partial charge in [0.15, 0.2) is 15.4 Å². The van der Waals surface area contributed by atoms with E-state index < -0.39 is 21.4 Å². The molecule has 0 spiro atoms. The molecule has 0 atom stereocenters. The molecular weight excluding hydrogens is 346 g/mol. The van der Waals surface area contributed by atoms with Crippen molar-refractivity contribution < 1.29 is 17.9 Å². The van der Waals surface area contributed by atoms with Gasteiger partial charge in [0.1, 0.15) is 12.1 Å². The Bertz CT molecular complexity index is 986. The third-order valence-corrected chi connectivity index (χ3v) is 4.47. The number of benzene rings is 1. The molecule has 0 aliphatic heterocycles. The summed E-state index contributed by atoms with van der Waals surface area (Å²) in [5.74, 6) is -1.18. The molecule has 25 heavy (non-hydrogen) atoms. The minimum atomic E-state index is -3.18. The van der Waals surface area contributed by atoms with E-state index in [9.17, 15) is 18.0 Å². The van der Waals surface area contributed by atoms with Crippen LogP contribution >= 0.6 is 0 Å². The van der Waals surface area contributed by atoms with Crippen LogP contribution in [0.5, 0.6) is 0 Å². The maximum Gasteiger partial charge on any atom is 0.347 e. The van der Waals surface area contributed by atoms with Gasteiger partial charge in [-0.2, -0.15) is 0 Å². The average molecular weight is 365 g/mol. The molecule has 0 amide bonds. The zero-order valence-corrected chi connectivity index (χ0v) is 15.2. The van der Waals surface area contributed by atoms with E-state index in [-0.39, 0.29) is 17.1 Å². The summed E-state index contributed by atoms with van der Waals surface area (Å²) < 4.78 is 28.8. The summed E-state index contributed by atoms with van der Waals surface area (Å²) in [5, 5.41) is 0. The van der Waals surface area contributed by atoms with Crippen molar-refractivity contribution in [3.63, 3.8) is 0 Å². The first kappa shape index (κ1) is 18.7. The van der Waals surface area contributed by atoms with Gasteiger partial charge in [0.2, 0.25) is 0 Å². The molecule has 1 aromatic carbocycles. The van der Waals surface area contributed by atoms with E-state index in [4.69, 9.17) is 5.73 Å². The van der Waals surface area contributed by atoms with Gasteiger partial charge in [-0.25, -0.2) is 18.2 Å². The number of methoxy groups -OCH3 is 1. The maximum absolute atomic E-state index is 12.7. The van der Waals surface area contributed by atoms with Gasteiger partial charge < -0.3 is 10.5 Å². The van der Waals surface area contributed by atoms with Gasteiger partial charge in [0, 0.05) is 6.26 Å². The fourth-order valence-corrected chi connectivity index (χ4v) is 3.50. The van der Waals surface area contributed by atoms with Crippen LogP contribution in [0, 0.1) is 13.8 Å². The predicted molar refractivity (Wildman–Crippen MR) is 93.6 cm³/mol. The summed E-state index contributed by atoms with van der Waals surface area (Å²) in [6.45, 7) is 3.49. The van der Waals surface area contributed by atoms with Crippen molar-refractivity contribution in [3.05, 3.63) is 51.1 Å². The Morgan fingerprint density at radius 2 is 1.84 bits per heavy atom. The molecule has 134 valence electrons. The number of hydrogen-bond donors (Lipinski definition) is 1. The number of nitrogen functional groups attached to an aromatic ring is 1. The minimum Gasteiger partial charge on any atom is -0.465 e. The molecule has 0 saturated heterocycles. The number of nitrogens with two attached hydrogens (primary N) is 1. The highest BCUT2D eigenvalue weighted by atomic mass is 32.2. The van der Waals surface area contributed by atoms with Gasteiger partial charge in [-0.05, 0) is 30.5 Å². The Morgan fingerprint density at radius 3 is 2.32 bits per heavy atom. The molecule has 1 heterocycles. The zero-order chi connectivity index (χ0) is 18.9. The standard InChI is InChI=1S/C16H19N3O5S/c1-9-5-11(7-25(4,22)23)6-10(2)13(9)19-8-18-14(17)12(15(19)20)16(21)24-3/h5-6,8H,7,17H2,1-4H3. The summed E-state index contributed by atoms with van der Waals surface area (Å²) in [7, 11) is -2.03. The maximum atomic E-state index is 12.7. The number of carbonyl (C=O) groups is 1. The normalized spacial score (nSPS) is 11.4. The van der Waals surface area contributed by atoms with Crippen LogP contribution in [0.25, 0.3) is 5.69 Å². The molecule has 0 unspecified atom stereocenters. The largest absolute Gasteiger partial charge is 0.465 e. The summed E-state index contributed by atoms with van der Waals surface area (Å²) >= 11 is 0. The molecule has 0 radical (unpaired) electrons. The van der Waals surface area contributed by atoms with E-state index in [0.29, 0.717) is 22.4 Å². The lowest BCUT2D eigenvalue weighted by Gasteiger charge is -2.15. The van der Waals surface area contributed by atoms with Crippen LogP contribution in [0.2, 0.25) is 0 Å². The minimum absolute atomic E-state index is 0.0999. The smallest absolute Gasteiger partial charge is 0.347 e. The lowest BCUT2D eigenvalue weighted by atomic mass is 10.0. The fraction of sp³-hybridized carbons (Fsp3) is 0.312. The highest BCUT2D eigenvalue weighted by molar-refractivity contribution is 7.89. The van der Waals surface area contributed by atoms with Crippen molar-refractivity contribution in [2.45, 2.75) is 19.6 Å². The first-order valence-corrected chi connectivity index (χ1v) is 9.35. The number of aryl methyl sites for hydroxylation is 2. The fourth-order valence-electron chi connectivity index (χ4n) is 2.73. The lowest BCUT2D eigenvalue weighted by Crippen LogP contribution is -2.29. The summed E-state index contributed by atoms with van der Waals surface area (Å²) in [5.41, 5.74) is 7.10. The van der Waals surface area contributed by atoms with Crippen molar-refractivity contribution in [3.8, 4) is 5.69 Å². The molecule has 2 N–H and O–H groups in total. The number of sulfone groups is 1. The Hall–Kier alpha value is -2.68. The monoisotopic (exact) mass is 365 g/mol. The summed E-state index contributed by atoms with van der Waals surface area (Å²) in [6, 6.07) is 3.37. The highest BCUT2D eigenvalue weighted by Crippen LogP contribution is 2.21. The Morgan fingerprint density at radius 1 is 1.28 bits per heavy atom. The molecule has 2 aromatic rings. The molecule has 0 aliphatic carbocycles. The molecule has 0 bridgehead atoms. The third-order valence-electron chi connectivity index (χ3n) is 3.61. The number of carbonyl (C=O) groups excluding carboxylic acids is 1. The highest BCUT2D eigenvalue weighted by Gasteiger charge is 2.20. The quantitative estimate of drug-likeness (QED) is 0.794. The lowest BCUT2D eigenvalue weighted by molar-refractivity contribution is 0.0599. The van der Waals surface area contributed by atoms with Crippen LogP contribution in [0.4, 0.5) is 5.82 Å². The van der Waals surface area contributed by atoms with Crippen molar-refractivity contribution in [1.29, 1.82) is 0 Å². The van der Waals surface area contributed by atoms with Gasteiger partial charge in [-0.15, -0.1) is 0 Å². The summed E-state index contributed by atoms with van der Waals surface area (Å²) in [4.78, 5) is 28.3. The van der Waals surface area contributed by atoms with Crippen molar-refractivity contribution in [1.82, 2.24) is 9.55 Å². The van der Waals surface area contributed by atoms with Gasteiger partial charge in [0.25, 0.3) is 5.56 Å². The van der Waals surface area contributed by atoms with E-state index in [1.807, 2.05) is 0 Å². The van der Waals surface area contributed by atoms with Gasteiger partial charge in [-0.3, -0.25) is 9.36 Å². The van der Waals surface area contributed by atoms with E-state index in [0.717, 1.165) is 13.4 Å². The molecule has 0 saturated carbocycles. The Balaban J connectivity index is 2.68. The second kappa shape index (κ2) is 6.67. The van der Waals surface area contributed by atoms with Crippen LogP contribution in [-0.2, 0) is 20.3 Å². The SMILES string of the molecule is COC(=O)c1c(N)ncn(-c2c(C)cc(CS(C)(=O)=O)cc2C)c1=O. The second-order valence-corrected chi connectivity index (χ2v) is 7.96. The van der Waals surface area contributed by atoms with Gasteiger partial charge in [0.05, 0.1) is 18.6 Å². The van der Waals surface area contributed by atoms with Crippen LogP contribution < -0.4 is 11.3 Å². The molecule has 0 fully saturated rings. The first-order chi connectivity index (χ1) is 11.5. The molecule has 1 aromatic heterocycles. The number of aromatic nitrogens is 2. The second-order valence-electron chi connectivity index (χ2n) is 5.82. The number of anilines is 1. The van der Waals surface area contributed by atoms with E-state index in [2.05, 4.69) is 9.72 Å². The van der Waals surface area contributed by atoms with Crippen LogP contribution in [-0.4, -0.2) is 37.3 Å². The number of esters is 1. The van der Waals surface area contributed by atoms with Crippen LogP contribution in [0.1, 0.15) is 27.0 Å². The molecule has 8 nitrogen and oxygen atoms in total. The summed E-state index contributed by atoms with van der Waals surface area (Å²) in [6.07, 6.45) is 2.39. The number of nitrogens with zero attached hydrogens (tertiary/aromatic N) is 2. The zero-order valence-electron chi connectivity index (χ0n) is 14.4. The first-order valence-electron chi connectivity index (χ1n) is 7.29. The van der Waals surface area contributed by atoms with Gasteiger partial charge >= 0.3 is 5.97 Å². The molecule has 9 heteroatoms. The number of rotatable bonds is 4. The average Bonchev–Trinajstić information content (AvgIpc) is 2.46. The van der Waals surface area contributed by atoms with E-state index >= 15 is 0 Å². The third kappa shape index (κ3) is 3.87. The Kier molecular flexibility index (Phi) is 4.98. The van der Waals surface area contributed by atoms with Crippen LogP contribution in [0.15, 0.2) is 23.3 Å². The van der Waals surface area contributed by atoms with Crippen molar-refractivity contribution in [2.75, 3.05) is 19.1 Å². The van der Waals surface area contributed by atoms with Gasteiger partial charge in [-0.1, -0.05) is 12.1 Å². The molecular formula is C16H19N3O5S. The van der Waals surface area contributed by atoms with Crippen LogP contribution in [0.3, 0.4) is 0 Å². The number of ether oxygens (including phenoxy) is 1. The topological polar surface area (TPSA) is 121 Å². The Labute approximate surface area is 145 Å².